The van der Waals surface area contributed by atoms with Crippen LogP contribution in [0.25, 0.3) is 6.08 Å². The molecule has 0 spiro atoms. The molecule has 2 aromatic heterocycles. The third kappa shape index (κ3) is 2.96. The second kappa shape index (κ2) is 5.33. The first-order valence-corrected chi connectivity index (χ1v) is 6.71. The number of furan rings is 1. The predicted molar refractivity (Wildman–Crippen MR) is 77.1 cm³/mol. The Hall–Kier alpha value is -2.36. The molecule has 0 radical (unpaired) electrons. The monoisotopic (exact) mass is 268 g/mol. The number of nitrogens with one attached hydrogen (secondary N) is 1. The van der Waals surface area contributed by atoms with Gasteiger partial charge in [0.25, 0.3) is 0 Å². The average molecular weight is 268 g/mol. The SMILES string of the molecule is CC1CC1c1ccc(/C=C/C(=O)Nc2ccncc2)o1. The number of hydrogen-bond donors (Lipinski definition) is 1. The normalized spacial score (nSPS) is 21.1. The van der Waals surface area contributed by atoms with E-state index in [1.54, 1.807) is 30.6 Å². The molecule has 2 heterocycles. The van der Waals surface area contributed by atoms with E-state index in [0.717, 1.165) is 11.4 Å². The third-order valence-electron chi connectivity index (χ3n) is 3.47. The number of carbonyl (C=O) groups is 1. The summed E-state index contributed by atoms with van der Waals surface area (Å²) in [6, 6.07) is 7.38. The van der Waals surface area contributed by atoms with Crippen molar-refractivity contribution in [2.45, 2.75) is 19.3 Å². The van der Waals surface area contributed by atoms with Gasteiger partial charge in [0.2, 0.25) is 5.91 Å². The van der Waals surface area contributed by atoms with Crippen LogP contribution in [0, 0.1) is 5.92 Å². The third-order valence-corrected chi connectivity index (χ3v) is 3.47. The Morgan fingerprint density at radius 3 is 2.80 bits per heavy atom. The molecule has 1 aliphatic carbocycles. The Kier molecular flexibility index (Phi) is 3.37. The van der Waals surface area contributed by atoms with Gasteiger partial charge in [-0.3, -0.25) is 9.78 Å². The molecule has 0 aliphatic heterocycles. The lowest BCUT2D eigenvalue weighted by molar-refractivity contribution is -0.111. The number of nitrogens with zero attached hydrogens (tertiary/aromatic N) is 1. The van der Waals surface area contributed by atoms with E-state index in [-0.39, 0.29) is 5.91 Å². The Labute approximate surface area is 117 Å². The highest BCUT2D eigenvalue weighted by Gasteiger charge is 2.36. The molecule has 1 N–H and O–H groups in total. The van der Waals surface area contributed by atoms with Gasteiger partial charge in [0.05, 0.1) is 0 Å². The Balaban J connectivity index is 1.59. The largest absolute Gasteiger partial charge is 0.461 e. The zero-order valence-electron chi connectivity index (χ0n) is 11.2. The van der Waals surface area contributed by atoms with Gasteiger partial charge in [-0.15, -0.1) is 0 Å². The lowest BCUT2D eigenvalue weighted by Gasteiger charge is -1.99. The van der Waals surface area contributed by atoms with Crippen molar-refractivity contribution in [3.63, 3.8) is 0 Å². The van der Waals surface area contributed by atoms with E-state index in [1.807, 2.05) is 12.1 Å². The zero-order chi connectivity index (χ0) is 13.9. The summed E-state index contributed by atoms with van der Waals surface area (Å²) in [5.74, 6) is 2.82. The average Bonchev–Trinajstić information content (AvgIpc) is 3.01. The number of rotatable bonds is 4. The zero-order valence-corrected chi connectivity index (χ0v) is 11.2. The van der Waals surface area contributed by atoms with Crippen molar-refractivity contribution in [2.75, 3.05) is 5.32 Å². The maximum absolute atomic E-state index is 11.7. The minimum Gasteiger partial charge on any atom is -0.461 e. The van der Waals surface area contributed by atoms with Gasteiger partial charge in [-0.05, 0) is 42.7 Å². The minimum atomic E-state index is -0.186. The van der Waals surface area contributed by atoms with Crippen molar-refractivity contribution in [3.05, 3.63) is 54.3 Å². The minimum absolute atomic E-state index is 0.186. The summed E-state index contributed by atoms with van der Waals surface area (Å²) in [4.78, 5) is 15.6. The highest BCUT2D eigenvalue weighted by Crippen LogP contribution is 2.47. The molecular weight excluding hydrogens is 252 g/mol. The molecule has 4 heteroatoms. The first-order valence-electron chi connectivity index (χ1n) is 6.71. The van der Waals surface area contributed by atoms with Gasteiger partial charge >= 0.3 is 0 Å². The molecule has 1 amide bonds. The van der Waals surface area contributed by atoms with Crippen LogP contribution in [0.5, 0.6) is 0 Å². The van der Waals surface area contributed by atoms with Crippen molar-refractivity contribution in [1.29, 1.82) is 0 Å². The van der Waals surface area contributed by atoms with E-state index >= 15 is 0 Å². The summed E-state index contributed by atoms with van der Waals surface area (Å²) in [5.41, 5.74) is 0.724. The Morgan fingerprint density at radius 2 is 2.10 bits per heavy atom. The van der Waals surface area contributed by atoms with Crippen LogP contribution in [-0.2, 0) is 4.79 Å². The van der Waals surface area contributed by atoms with Gasteiger partial charge in [0, 0.05) is 30.1 Å². The van der Waals surface area contributed by atoms with Crippen LogP contribution in [0.15, 0.2) is 47.2 Å². The molecule has 2 unspecified atom stereocenters. The second-order valence-corrected chi connectivity index (χ2v) is 5.12. The van der Waals surface area contributed by atoms with E-state index in [1.165, 1.54) is 12.5 Å². The number of amides is 1. The van der Waals surface area contributed by atoms with Crippen LogP contribution < -0.4 is 5.32 Å². The molecule has 2 atom stereocenters. The molecule has 0 aromatic carbocycles. The van der Waals surface area contributed by atoms with Crippen LogP contribution in [0.2, 0.25) is 0 Å². The summed E-state index contributed by atoms with van der Waals surface area (Å²) in [5, 5.41) is 2.75. The van der Waals surface area contributed by atoms with Crippen LogP contribution in [0.1, 0.15) is 30.8 Å². The topological polar surface area (TPSA) is 55.1 Å². The summed E-state index contributed by atoms with van der Waals surface area (Å²) in [7, 11) is 0. The molecule has 2 aromatic rings. The molecule has 1 fully saturated rings. The number of carbonyl (C=O) groups excluding carboxylic acids is 1. The first kappa shape index (κ1) is 12.7. The first-order chi connectivity index (χ1) is 9.72. The quantitative estimate of drug-likeness (QED) is 0.864. The molecule has 102 valence electrons. The number of hydrogen-bond acceptors (Lipinski definition) is 3. The molecule has 1 aliphatic rings. The fourth-order valence-corrected chi connectivity index (χ4v) is 2.15. The van der Waals surface area contributed by atoms with Gasteiger partial charge in [0.15, 0.2) is 0 Å². The van der Waals surface area contributed by atoms with Crippen molar-refractivity contribution >= 4 is 17.7 Å². The van der Waals surface area contributed by atoms with Gasteiger partial charge in [-0.2, -0.15) is 0 Å². The van der Waals surface area contributed by atoms with Crippen LogP contribution in [0.4, 0.5) is 5.69 Å². The van der Waals surface area contributed by atoms with Gasteiger partial charge in [-0.25, -0.2) is 0 Å². The van der Waals surface area contributed by atoms with E-state index in [2.05, 4.69) is 17.2 Å². The summed E-state index contributed by atoms with van der Waals surface area (Å²) in [6.45, 7) is 2.21. The number of aromatic nitrogens is 1. The maximum atomic E-state index is 11.7. The second-order valence-electron chi connectivity index (χ2n) is 5.12. The number of pyridine rings is 1. The van der Waals surface area contributed by atoms with E-state index < -0.39 is 0 Å². The van der Waals surface area contributed by atoms with Crippen LogP contribution in [-0.4, -0.2) is 10.9 Å². The van der Waals surface area contributed by atoms with Crippen LogP contribution >= 0.6 is 0 Å². The van der Waals surface area contributed by atoms with Gasteiger partial charge in [0.1, 0.15) is 11.5 Å². The summed E-state index contributed by atoms with van der Waals surface area (Å²) >= 11 is 0. The fourth-order valence-electron chi connectivity index (χ4n) is 2.15. The molecule has 3 rings (SSSR count). The Morgan fingerprint density at radius 1 is 1.35 bits per heavy atom. The van der Waals surface area contributed by atoms with Crippen LogP contribution in [0.3, 0.4) is 0 Å². The smallest absolute Gasteiger partial charge is 0.248 e. The lowest BCUT2D eigenvalue weighted by atomic mass is 10.3. The Bertz CT molecular complexity index is 631. The predicted octanol–water partition coefficient (Wildman–Crippen LogP) is 3.45. The van der Waals surface area contributed by atoms with Gasteiger partial charge < -0.3 is 9.73 Å². The molecule has 1 saturated carbocycles. The highest BCUT2D eigenvalue weighted by molar-refractivity contribution is 6.01. The molecule has 4 nitrogen and oxygen atoms in total. The standard InChI is InChI=1S/C16H16N2O2/c1-11-10-14(11)15-4-2-13(20-15)3-5-16(19)18-12-6-8-17-9-7-12/h2-9,11,14H,10H2,1H3,(H,17,18,19)/b5-3+. The van der Waals surface area contributed by atoms with Crippen molar-refractivity contribution in [3.8, 4) is 0 Å². The van der Waals surface area contributed by atoms with Crippen molar-refractivity contribution in [1.82, 2.24) is 4.98 Å². The van der Waals surface area contributed by atoms with E-state index in [4.69, 9.17) is 4.42 Å². The lowest BCUT2D eigenvalue weighted by Crippen LogP contribution is -2.07. The molecule has 0 saturated heterocycles. The van der Waals surface area contributed by atoms with Crippen molar-refractivity contribution in [2.24, 2.45) is 5.92 Å². The maximum Gasteiger partial charge on any atom is 0.248 e. The van der Waals surface area contributed by atoms with Gasteiger partial charge in [-0.1, -0.05) is 6.92 Å². The number of anilines is 1. The summed E-state index contributed by atoms with van der Waals surface area (Å²) < 4.78 is 5.70. The van der Waals surface area contributed by atoms with E-state index in [0.29, 0.717) is 17.6 Å². The molecule has 0 bridgehead atoms. The summed E-state index contributed by atoms with van der Waals surface area (Å²) in [6.07, 6.45) is 7.62. The van der Waals surface area contributed by atoms with E-state index in [9.17, 15) is 4.79 Å². The highest BCUT2D eigenvalue weighted by atomic mass is 16.3. The molecular formula is C16H16N2O2. The van der Waals surface area contributed by atoms with Crippen molar-refractivity contribution < 1.29 is 9.21 Å². The fraction of sp³-hybridized carbons (Fsp3) is 0.250. The molecule has 20 heavy (non-hydrogen) atoms.